The van der Waals surface area contributed by atoms with Gasteiger partial charge in [-0.05, 0) is 31.7 Å². The molecular weight excluding hydrogens is 192 g/mol. The fourth-order valence-electron chi connectivity index (χ4n) is 2.79. The van der Waals surface area contributed by atoms with Gasteiger partial charge in [0, 0.05) is 13.1 Å². The molecular formula is C11H18N2O2. The van der Waals surface area contributed by atoms with Crippen molar-refractivity contribution in [1.29, 1.82) is 0 Å². The summed E-state index contributed by atoms with van der Waals surface area (Å²) < 4.78 is 5.37. The maximum atomic E-state index is 11.7. The summed E-state index contributed by atoms with van der Waals surface area (Å²) in [4.78, 5) is 13.7. The van der Waals surface area contributed by atoms with Crippen LogP contribution in [-0.4, -0.2) is 42.8 Å². The van der Waals surface area contributed by atoms with E-state index >= 15 is 0 Å². The molecule has 2 heterocycles. The molecule has 2 unspecified atom stereocenters. The molecule has 0 radical (unpaired) electrons. The summed E-state index contributed by atoms with van der Waals surface area (Å²) in [6.45, 7) is 2.77. The predicted molar refractivity (Wildman–Crippen MR) is 55.6 cm³/mol. The van der Waals surface area contributed by atoms with Crippen molar-refractivity contribution in [2.45, 2.75) is 37.8 Å². The molecule has 0 aromatic heterocycles. The minimum absolute atomic E-state index is 0.0828. The minimum Gasteiger partial charge on any atom is -0.443 e. The lowest BCUT2D eigenvalue weighted by molar-refractivity contribution is 0.121. The highest BCUT2D eigenvalue weighted by Gasteiger charge is 2.43. The molecule has 2 atom stereocenters. The topological polar surface area (TPSA) is 41.6 Å². The first-order valence-electron chi connectivity index (χ1n) is 6.02. The molecule has 4 nitrogen and oxygen atoms in total. The van der Waals surface area contributed by atoms with Gasteiger partial charge in [0.05, 0.1) is 6.04 Å². The number of piperidine rings is 1. The second-order valence-corrected chi connectivity index (χ2v) is 4.93. The van der Waals surface area contributed by atoms with Crippen LogP contribution in [0.4, 0.5) is 4.79 Å². The zero-order valence-electron chi connectivity index (χ0n) is 8.95. The Morgan fingerprint density at radius 2 is 2.27 bits per heavy atom. The van der Waals surface area contributed by atoms with Crippen molar-refractivity contribution in [2.75, 3.05) is 19.6 Å². The van der Waals surface area contributed by atoms with Crippen LogP contribution < -0.4 is 5.32 Å². The number of ether oxygens (including phenoxy) is 1. The molecule has 3 fully saturated rings. The molecule has 0 spiro atoms. The monoisotopic (exact) mass is 210 g/mol. The molecule has 0 aromatic rings. The van der Waals surface area contributed by atoms with Crippen molar-refractivity contribution in [2.24, 2.45) is 5.92 Å². The van der Waals surface area contributed by atoms with E-state index in [4.69, 9.17) is 4.74 Å². The van der Waals surface area contributed by atoms with E-state index in [0.29, 0.717) is 6.04 Å². The molecule has 1 saturated carbocycles. The zero-order valence-corrected chi connectivity index (χ0v) is 8.95. The summed E-state index contributed by atoms with van der Waals surface area (Å²) in [5, 5.41) is 3.27. The van der Waals surface area contributed by atoms with Crippen molar-refractivity contribution >= 4 is 6.09 Å². The number of rotatable bonds is 2. The lowest BCUT2D eigenvalue weighted by Crippen LogP contribution is -2.48. The van der Waals surface area contributed by atoms with Crippen LogP contribution in [0, 0.1) is 5.92 Å². The molecule has 3 rings (SSSR count). The number of fused-ring (bicyclic) bond motifs is 1. The Morgan fingerprint density at radius 1 is 1.40 bits per heavy atom. The van der Waals surface area contributed by atoms with Gasteiger partial charge in [-0.2, -0.15) is 0 Å². The van der Waals surface area contributed by atoms with Gasteiger partial charge >= 0.3 is 6.09 Å². The second kappa shape index (κ2) is 3.67. The third kappa shape index (κ3) is 1.61. The number of hydrogen-bond acceptors (Lipinski definition) is 3. The van der Waals surface area contributed by atoms with Gasteiger partial charge in [0.1, 0.15) is 6.10 Å². The number of nitrogens with one attached hydrogen (secondary N) is 1. The number of amides is 1. The van der Waals surface area contributed by atoms with Crippen molar-refractivity contribution in [1.82, 2.24) is 10.2 Å². The zero-order chi connectivity index (χ0) is 10.3. The van der Waals surface area contributed by atoms with Gasteiger partial charge < -0.3 is 15.0 Å². The normalized spacial score (nSPS) is 36.0. The molecule has 3 aliphatic rings. The first-order chi connectivity index (χ1) is 7.34. The first-order valence-corrected chi connectivity index (χ1v) is 6.02. The van der Waals surface area contributed by atoms with Crippen LogP contribution in [-0.2, 0) is 4.74 Å². The highest BCUT2D eigenvalue weighted by atomic mass is 16.6. The number of carbonyl (C=O) groups excluding carboxylic acids is 1. The molecule has 84 valence electrons. The lowest BCUT2D eigenvalue weighted by Gasteiger charge is -2.34. The van der Waals surface area contributed by atoms with E-state index in [9.17, 15) is 4.79 Å². The van der Waals surface area contributed by atoms with E-state index < -0.39 is 0 Å². The maximum Gasteiger partial charge on any atom is 0.410 e. The van der Waals surface area contributed by atoms with Crippen molar-refractivity contribution in [3.8, 4) is 0 Å². The third-order valence-corrected chi connectivity index (χ3v) is 3.96. The Balaban J connectivity index is 1.66. The third-order valence-electron chi connectivity index (χ3n) is 3.96. The lowest BCUT2D eigenvalue weighted by atomic mass is 9.84. The standard InChI is InChI=1S/C11H18N2O2/c14-11-13(7-8-2-1-3-8)9-4-5-12-6-10(9)15-11/h8-10,12H,1-7H2. The number of nitrogens with zero attached hydrogens (tertiary/aromatic N) is 1. The van der Waals surface area contributed by atoms with Gasteiger partial charge in [0.25, 0.3) is 0 Å². The molecule has 0 bridgehead atoms. The Hall–Kier alpha value is -0.770. The number of hydrogen-bond donors (Lipinski definition) is 1. The molecule has 1 amide bonds. The summed E-state index contributed by atoms with van der Waals surface area (Å²) in [6.07, 6.45) is 4.98. The van der Waals surface area contributed by atoms with Gasteiger partial charge in [-0.15, -0.1) is 0 Å². The Morgan fingerprint density at radius 3 is 3.00 bits per heavy atom. The van der Waals surface area contributed by atoms with Crippen LogP contribution in [0.15, 0.2) is 0 Å². The highest BCUT2D eigenvalue weighted by molar-refractivity contribution is 5.70. The Labute approximate surface area is 90.0 Å². The molecule has 2 aliphatic heterocycles. The summed E-state index contributed by atoms with van der Waals surface area (Å²) in [6, 6.07) is 0.347. The number of carbonyl (C=O) groups is 1. The molecule has 4 heteroatoms. The summed E-state index contributed by atoms with van der Waals surface area (Å²) >= 11 is 0. The average molecular weight is 210 g/mol. The minimum atomic E-state index is -0.0828. The van der Waals surface area contributed by atoms with E-state index in [1.165, 1.54) is 19.3 Å². The highest BCUT2D eigenvalue weighted by Crippen LogP contribution is 2.31. The fourth-order valence-corrected chi connectivity index (χ4v) is 2.79. The molecule has 15 heavy (non-hydrogen) atoms. The van der Waals surface area contributed by atoms with Crippen LogP contribution in [0.1, 0.15) is 25.7 Å². The predicted octanol–water partition coefficient (Wildman–Crippen LogP) is 0.969. The van der Waals surface area contributed by atoms with E-state index in [1.54, 1.807) is 0 Å². The second-order valence-electron chi connectivity index (χ2n) is 4.93. The van der Waals surface area contributed by atoms with E-state index in [1.807, 2.05) is 4.90 Å². The Bertz CT molecular complexity index is 265. The van der Waals surface area contributed by atoms with Gasteiger partial charge in [-0.3, -0.25) is 0 Å². The molecule has 1 aliphatic carbocycles. The van der Waals surface area contributed by atoms with E-state index in [0.717, 1.165) is 32.0 Å². The van der Waals surface area contributed by atoms with E-state index in [-0.39, 0.29) is 12.2 Å². The molecule has 1 N–H and O–H groups in total. The Kier molecular flexibility index (Phi) is 2.31. The van der Waals surface area contributed by atoms with Crippen LogP contribution >= 0.6 is 0 Å². The van der Waals surface area contributed by atoms with Crippen molar-refractivity contribution < 1.29 is 9.53 Å². The first kappa shape index (κ1) is 9.46. The van der Waals surface area contributed by atoms with Crippen LogP contribution in [0.3, 0.4) is 0 Å². The smallest absolute Gasteiger partial charge is 0.410 e. The molecule has 2 saturated heterocycles. The molecule has 0 aromatic carbocycles. The summed E-state index contributed by atoms with van der Waals surface area (Å²) in [7, 11) is 0. The summed E-state index contributed by atoms with van der Waals surface area (Å²) in [5.41, 5.74) is 0. The van der Waals surface area contributed by atoms with Crippen LogP contribution in [0.2, 0.25) is 0 Å². The fraction of sp³-hybridized carbons (Fsp3) is 0.909. The van der Waals surface area contributed by atoms with Gasteiger partial charge in [0.2, 0.25) is 0 Å². The summed E-state index contributed by atoms with van der Waals surface area (Å²) in [5.74, 6) is 0.742. The van der Waals surface area contributed by atoms with Crippen LogP contribution in [0.5, 0.6) is 0 Å². The van der Waals surface area contributed by atoms with Gasteiger partial charge in [-0.1, -0.05) is 6.42 Å². The largest absolute Gasteiger partial charge is 0.443 e. The average Bonchev–Trinajstić information content (AvgIpc) is 2.48. The van der Waals surface area contributed by atoms with Gasteiger partial charge in [-0.25, -0.2) is 4.79 Å². The SMILES string of the molecule is O=C1OC2CNCCC2N1CC1CCC1. The van der Waals surface area contributed by atoms with Crippen molar-refractivity contribution in [3.63, 3.8) is 0 Å². The van der Waals surface area contributed by atoms with E-state index in [2.05, 4.69) is 5.32 Å². The quantitative estimate of drug-likeness (QED) is 0.738. The van der Waals surface area contributed by atoms with Crippen LogP contribution in [0.25, 0.3) is 0 Å². The maximum absolute atomic E-state index is 11.7. The van der Waals surface area contributed by atoms with Gasteiger partial charge in [0.15, 0.2) is 0 Å². The van der Waals surface area contributed by atoms with Crippen molar-refractivity contribution in [3.05, 3.63) is 0 Å².